The Hall–Kier alpha value is -2.29. The van der Waals surface area contributed by atoms with Gasteiger partial charge in [0.1, 0.15) is 6.54 Å². The molecule has 0 saturated carbocycles. The van der Waals surface area contributed by atoms with Gasteiger partial charge in [-0.05, 0) is 55.3 Å². The highest BCUT2D eigenvalue weighted by molar-refractivity contribution is 7.92. The van der Waals surface area contributed by atoms with E-state index < -0.39 is 16.6 Å². The van der Waals surface area contributed by atoms with Crippen LogP contribution in [0.15, 0.2) is 53.4 Å². The number of hydrogen-bond acceptors (Lipinski definition) is 4. The van der Waals surface area contributed by atoms with Crippen molar-refractivity contribution in [2.24, 2.45) is 11.7 Å². The number of nitrogens with zero attached hydrogens (tertiary/aromatic N) is 2. The van der Waals surface area contributed by atoms with E-state index in [1.54, 1.807) is 23.1 Å². The first-order valence-corrected chi connectivity index (χ1v) is 11.5. The maximum Gasteiger partial charge on any atom is 0.264 e. The predicted octanol–water partition coefficient (Wildman–Crippen LogP) is 2.91. The average Bonchev–Trinajstić information content (AvgIpc) is 2.72. The van der Waals surface area contributed by atoms with Gasteiger partial charge in [-0.3, -0.25) is 13.9 Å². The molecule has 30 heavy (non-hydrogen) atoms. The molecule has 1 aliphatic rings. The molecule has 160 valence electrons. The molecule has 2 aromatic rings. The molecule has 0 spiro atoms. The Labute approximate surface area is 185 Å². The third-order valence-electron chi connectivity index (χ3n) is 5.03. The minimum Gasteiger partial charge on any atom is -0.369 e. The molecule has 10 heteroatoms. The van der Waals surface area contributed by atoms with Gasteiger partial charge < -0.3 is 10.6 Å². The lowest BCUT2D eigenvalue weighted by Gasteiger charge is -2.33. The van der Waals surface area contributed by atoms with Crippen molar-refractivity contribution in [3.05, 3.63) is 58.6 Å². The Bertz CT molecular complexity index is 1040. The van der Waals surface area contributed by atoms with Gasteiger partial charge in [0.2, 0.25) is 11.8 Å². The van der Waals surface area contributed by atoms with Crippen molar-refractivity contribution in [1.29, 1.82) is 0 Å². The zero-order valence-corrected chi connectivity index (χ0v) is 18.3. The SMILES string of the molecule is NC(=O)C1CCN(C(=O)CN(c2cccc(Cl)c2)S(=O)(=O)c2ccc(Cl)cc2)CC1. The van der Waals surface area contributed by atoms with Gasteiger partial charge in [0, 0.05) is 29.1 Å². The van der Waals surface area contributed by atoms with E-state index in [4.69, 9.17) is 28.9 Å². The van der Waals surface area contributed by atoms with E-state index in [2.05, 4.69) is 0 Å². The maximum atomic E-state index is 13.3. The number of carbonyl (C=O) groups is 2. The number of primary amides is 1. The number of halogens is 2. The number of likely N-dealkylation sites (tertiary alicyclic amines) is 1. The molecule has 0 radical (unpaired) electrons. The Morgan fingerprint density at radius 2 is 1.67 bits per heavy atom. The summed E-state index contributed by atoms with van der Waals surface area (Å²) in [4.78, 5) is 25.8. The molecule has 1 aliphatic heterocycles. The number of anilines is 1. The molecule has 3 rings (SSSR count). The smallest absolute Gasteiger partial charge is 0.264 e. The molecule has 0 bridgehead atoms. The molecule has 2 aromatic carbocycles. The first-order valence-electron chi connectivity index (χ1n) is 9.29. The monoisotopic (exact) mass is 469 g/mol. The summed E-state index contributed by atoms with van der Waals surface area (Å²) in [6.07, 6.45) is 0.921. The quantitative estimate of drug-likeness (QED) is 0.702. The molecule has 0 aromatic heterocycles. The Kier molecular flexibility index (Phi) is 6.90. The zero-order valence-electron chi connectivity index (χ0n) is 16.0. The van der Waals surface area contributed by atoms with Crippen LogP contribution in [0, 0.1) is 5.92 Å². The van der Waals surface area contributed by atoms with Crippen molar-refractivity contribution < 1.29 is 18.0 Å². The summed E-state index contributed by atoms with van der Waals surface area (Å²) >= 11 is 11.9. The highest BCUT2D eigenvalue weighted by atomic mass is 35.5. The summed E-state index contributed by atoms with van der Waals surface area (Å²) in [7, 11) is -4.05. The first-order chi connectivity index (χ1) is 14.2. The summed E-state index contributed by atoms with van der Waals surface area (Å²) in [5.41, 5.74) is 5.62. The number of nitrogens with two attached hydrogens (primary N) is 1. The lowest BCUT2D eigenvalue weighted by Crippen LogP contribution is -2.47. The van der Waals surface area contributed by atoms with Crippen molar-refractivity contribution in [3.63, 3.8) is 0 Å². The van der Waals surface area contributed by atoms with Crippen LogP contribution in [0.25, 0.3) is 0 Å². The lowest BCUT2D eigenvalue weighted by atomic mass is 9.96. The summed E-state index contributed by atoms with van der Waals surface area (Å²) < 4.78 is 27.7. The molecule has 0 atom stereocenters. The Balaban J connectivity index is 1.88. The lowest BCUT2D eigenvalue weighted by molar-refractivity contribution is -0.133. The molecule has 2 amide bonds. The minimum absolute atomic E-state index is 0.00659. The average molecular weight is 470 g/mol. The fourth-order valence-corrected chi connectivity index (χ4v) is 5.03. The molecule has 0 unspecified atom stereocenters. The highest BCUT2D eigenvalue weighted by Crippen LogP contribution is 2.27. The van der Waals surface area contributed by atoms with E-state index in [1.165, 1.54) is 30.3 Å². The van der Waals surface area contributed by atoms with E-state index in [0.29, 0.717) is 36.0 Å². The van der Waals surface area contributed by atoms with Crippen LogP contribution in [0.4, 0.5) is 5.69 Å². The third kappa shape index (κ3) is 5.06. The van der Waals surface area contributed by atoms with Crippen LogP contribution in [-0.4, -0.2) is 44.8 Å². The van der Waals surface area contributed by atoms with E-state index >= 15 is 0 Å². The zero-order chi connectivity index (χ0) is 21.9. The van der Waals surface area contributed by atoms with Crippen LogP contribution in [0.1, 0.15) is 12.8 Å². The largest absolute Gasteiger partial charge is 0.369 e. The molecule has 1 heterocycles. The number of piperidine rings is 1. The second-order valence-electron chi connectivity index (χ2n) is 7.00. The molecule has 1 fully saturated rings. The van der Waals surface area contributed by atoms with Gasteiger partial charge in [-0.1, -0.05) is 29.3 Å². The van der Waals surface area contributed by atoms with Gasteiger partial charge >= 0.3 is 0 Å². The summed E-state index contributed by atoms with van der Waals surface area (Å²) in [6, 6.07) is 12.0. The summed E-state index contributed by atoms with van der Waals surface area (Å²) in [6.45, 7) is 0.292. The fourth-order valence-electron chi connectivity index (χ4n) is 3.32. The Morgan fingerprint density at radius 3 is 2.23 bits per heavy atom. The normalized spacial score (nSPS) is 15.1. The molecular weight excluding hydrogens is 449 g/mol. The molecule has 2 N–H and O–H groups in total. The van der Waals surface area contributed by atoms with Crippen molar-refractivity contribution in [2.75, 3.05) is 23.9 Å². The molecular formula is C20H21Cl2N3O4S. The van der Waals surface area contributed by atoms with Gasteiger partial charge in [-0.2, -0.15) is 0 Å². The number of hydrogen-bond donors (Lipinski definition) is 1. The number of sulfonamides is 1. The number of rotatable bonds is 6. The van der Waals surface area contributed by atoms with Gasteiger partial charge in [-0.15, -0.1) is 0 Å². The second kappa shape index (κ2) is 9.24. The van der Waals surface area contributed by atoms with Crippen molar-refractivity contribution in [3.8, 4) is 0 Å². The van der Waals surface area contributed by atoms with Crippen LogP contribution < -0.4 is 10.0 Å². The van der Waals surface area contributed by atoms with Crippen LogP contribution >= 0.6 is 23.2 Å². The van der Waals surface area contributed by atoms with E-state index in [-0.39, 0.29) is 28.3 Å². The van der Waals surface area contributed by atoms with Crippen molar-refractivity contribution in [2.45, 2.75) is 17.7 Å². The van der Waals surface area contributed by atoms with Crippen LogP contribution in [0.3, 0.4) is 0 Å². The molecule has 0 aliphatic carbocycles. The van der Waals surface area contributed by atoms with E-state index in [9.17, 15) is 18.0 Å². The van der Waals surface area contributed by atoms with Crippen molar-refractivity contribution >= 4 is 50.7 Å². The van der Waals surface area contributed by atoms with Crippen LogP contribution in [-0.2, 0) is 19.6 Å². The molecule has 7 nitrogen and oxygen atoms in total. The maximum absolute atomic E-state index is 13.3. The molecule has 1 saturated heterocycles. The number of benzene rings is 2. The van der Waals surface area contributed by atoms with Gasteiger partial charge in [0.25, 0.3) is 10.0 Å². The standard InChI is InChI=1S/C20H21Cl2N3O4S/c21-15-4-6-18(7-5-15)30(28,29)25(17-3-1-2-16(22)12-17)13-19(26)24-10-8-14(9-11-24)20(23)27/h1-7,12,14H,8-11,13H2,(H2,23,27). The highest BCUT2D eigenvalue weighted by Gasteiger charge is 2.31. The van der Waals surface area contributed by atoms with Crippen LogP contribution in [0.2, 0.25) is 10.0 Å². The Morgan fingerprint density at radius 1 is 1.03 bits per heavy atom. The fraction of sp³-hybridized carbons (Fsp3) is 0.300. The van der Waals surface area contributed by atoms with Crippen molar-refractivity contribution in [1.82, 2.24) is 4.90 Å². The summed E-state index contributed by atoms with van der Waals surface area (Å²) in [5, 5.41) is 0.746. The number of carbonyl (C=O) groups excluding carboxylic acids is 2. The van der Waals surface area contributed by atoms with Gasteiger partial charge in [0.05, 0.1) is 10.6 Å². The minimum atomic E-state index is -4.05. The van der Waals surface area contributed by atoms with Crippen LogP contribution in [0.5, 0.6) is 0 Å². The predicted molar refractivity (Wildman–Crippen MR) is 116 cm³/mol. The number of amides is 2. The van der Waals surface area contributed by atoms with E-state index in [1.807, 2.05) is 0 Å². The van der Waals surface area contributed by atoms with Gasteiger partial charge in [-0.25, -0.2) is 8.42 Å². The van der Waals surface area contributed by atoms with Gasteiger partial charge in [0.15, 0.2) is 0 Å². The summed E-state index contributed by atoms with van der Waals surface area (Å²) in [5.74, 6) is -1.01. The third-order valence-corrected chi connectivity index (χ3v) is 7.30. The first kappa shape index (κ1) is 22.4. The topological polar surface area (TPSA) is 101 Å². The van der Waals surface area contributed by atoms with E-state index in [0.717, 1.165) is 4.31 Å². The second-order valence-corrected chi connectivity index (χ2v) is 9.74.